The lowest BCUT2D eigenvalue weighted by Gasteiger charge is -2.13. The summed E-state index contributed by atoms with van der Waals surface area (Å²) in [6, 6.07) is 19.4. The molecule has 4 rings (SSSR count). The molecule has 3 N–H and O–H groups in total. The maximum atomic E-state index is 10.6. The normalized spacial score (nSPS) is 12.8. The SMILES string of the molecule is Cc1ccc(C(O)c2ccc3c(c2)oc2ccccc23)cc1N. The predicted octanol–water partition coefficient (Wildman–Crippen LogP) is 4.56. The summed E-state index contributed by atoms with van der Waals surface area (Å²) in [6.07, 6.45) is -0.726. The Labute approximate surface area is 134 Å². The van der Waals surface area contributed by atoms with Gasteiger partial charge in [-0.25, -0.2) is 0 Å². The number of rotatable bonds is 2. The Hall–Kier alpha value is -2.78. The lowest BCUT2D eigenvalue weighted by atomic mass is 9.98. The number of fused-ring (bicyclic) bond motifs is 3. The van der Waals surface area contributed by atoms with Crippen LogP contribution in [0.15, 0.2) is 65.1 Å². The van der Waals surface area contributed by atoms with Crippen LogP contribution >= 0.6 is 0 Å². The molecule has 0 radical (unpaired) electrons. The summed E-state index contributed by atoms with van der Waals surface area (Å²) in [5.74, 6) is 0. The van der Waals surface area contributed by atoms with Gasteiger partial charge in [-0.3, -0.25) is 0 Å². The Balaban J connectivity index is 1.81. The highest BCUT2D eigenvalue weighted by molar-refractivity contribution is 6.04. The molecule has 1 aromatic heterocycles. The zero-order chi connectivity index (χ0) is 16.0. The molecule has 0 saturated carbocycles. The molecule has 0 saturated heterocycles. The van der Waals surface area contributed by atoms with Crippen molar-refractivity contribution in [2.45, 2.75) is 13.0 Å². The van der Waals surface area contributed by atoms with Crippen LogP contribution in [0.1, 0.15) is 22.8 Å². The van der Waals surface area contributed by atoms with E-state index in [0.29, 0.717) is 5.69 Å². The maximum Gasteiger partial charge on any atom is 0.135 e. The van der Waals surface area contributed by atoms with Crippen LogP contribution in [0.4, 0.5) is 5.69 Å². The monoisotopic (exact) mass is 303 g/mol. The molecule has 23 heavy (non-hydrogen) atoms. The minimum Gasteiger partial charge on any atom is -0.456 e. The average Bonchev–Trinajstić information content (AvgIpc) is 2.94. The van der Waals surface area contributed by atoms with Crippen molar-refractivity contribution in [1.82, 2.24) is 0 Å². The third-order valence-corrected chi connectivity index (χ3v) is 4.34. The maximum absolute atomic E-state index is 10.6. The number of aryl methyl sites for hydroxylation is 1. The van der Waals surface area contributed by atoms with E-state index >= 15 is 0 Å². The number of para-hydroxylation sites is 1. The van der Waals surface area contributed by atoms with Gasteiger partial charge in [-0.1, -0.05) is 42.5 Å². The van der Waals surface area contributed by atoms with Gasteiger partial charge in [-0.15, -0.1) is 0 Å². The van der Waals surface area contributed by atoms with Gasteiger partial charge in [0.15, 0.2) is 0 Å². The molecule has 3 nitrogen and oxygen atoms in total. The van der Waals surface area contributed by atoms with Gasteiger partial charge in [0, 0.05) is 16.5 Å². The quantitative estimate of drug-likeness (QED) is 0.534. The number of hydrogen-bond acceptors (Lipinski definition) is 3. The lowest BCUT2D eigenvalue weighted by molar-refractivity contribution is 0.220. The van der Waals surface area contributed by atoms with E-state index in [1.807, 2.05) is 67.6 Å². The fourth-order valence-electron chi connectivity index (χ4n) is 2.93. The van der Waals surface area contributed by atoms with Crippen molar-refractivity contribution >= 4 is 27.6 Å². The molecule has 3 heteroatoms. The smallest absolute Gasteiger partial charge is 0.135 e. The van der Waals surface area contributed by atoms with E-state index in [-0.39, 0.29) is 0 Å². The highest BCUT2D eigenvalue weighted by Gasteiger charge is 2.14. The fraction of sp³-hybridized carbons (Fsp3) is 0.100. The second-order valence-electron chi connectivity index (χ2n) is 5.87. The second-order valence-corrected chi connectivity index (χ2v) is 5.87. The van der Waals surface area contributed by atoms with E-state index in [0.717, 1.165) is 38.6 Å². The molecule has 0 spiro atoms. The summed E-state index contributed by atoms with van der Waals surface area (Å²) in [5, 5.41) is 12.8. The first-order chi connectivity index (χ1) is 11.1. The number of aliphatic hydroxyl groups is 1. The van der Waals surface area contributed by atoms with Crippen molar-refractivity contribution in [2.75, 3.05) is 5.73 Å². The van der Waals surface area contributed by atoms with Gasteiger partial charge in [-0.05, 0) is 41.8 Å². The van der Waals surface area contributed by atoms with Crippen molar-refractivity contribution in [1.29, 1.82) is 0 Å². The van der Waals surface area contributed by atoms with E-state index in [1.165, 1.54) is 0 Å². The summed E-state index contributed by atoms with van der Waals surface area (Å²) in [6.45, 7) is 1.95. The van der Waals surface area contributed by atoms with E-state index < -0.39 is 6.10 Å². The Bertz CT molecular complexity index is 1020. The van der Waals surface area contributed by atoms with Crippen molar-refractivity contribution in [3.05, 3.63) is 77.4 Å². The van der Waals surface area contributed by atoms with Crippen LogP contribution in [0.3, 0.4) is 0 Å². The minimum atomic E-state index is -0.726. The molecule has 0 amide bonds. The number of nitrogen functional groups attached to an aromatic ring is 1. The van der Waals surface area contributed by atoms with Gasteiger partial charge in [-0.2, -0.15) is 0 Å². The molecule has 1 atom stereocenters. The number of hydrogen-bond donors (Lipinski definition) is 2. The Morgan fingerprint density at radius 2 is 1.57 bits per heavy atom. The molecule has 1 unspecified atom stereocenters. The second kappa shape index (κ2) is 5.14. The predicted molar refractivity (Wildman–Crippen MR) is 93.4 cm³/mol. The molecule has 0 aliphatic rings. The minimum absolute atomic E-state index is 0.686. The summed E-state index contributed by atoms with van der Waals surface area (Å²) in [5.41, 5.74) is 10.9. The third-order valence-electron chi connectivity index (χ3n) is 4.34. The standard InChI is InChI=1S/C20H17NO2/c1-12-6-7-13(10-17(12)21)20(22)14-8-9-16-15-4-2-3-5-18(15)23-19(16)11-14/h2-11,20,22H,21H2,1H3. The van der Waals surface area contributed by atoms with E-state index in [9.17, 15) is 5.11 Å². The number of nitrogens with two attached hydrogens (primary N) is 1. The van der Waals surface area contributed by atoms with Gasteiger partial charge in [0.25, 0.3) is 0 Å². The van der Waals surface area contributed by atoms with Crippen molar-refractivity contribution in [3.63, 3.8) is 0 Å². The number of furan rings is 1. The van der Waals surface area contributed by atoms with Gasteiger partial charge in [0.05, 0.1) is 0 Å². The molecule has 0 bridgehead atoms. The molecule has 0 fully saturated rings. The highest BCUT2D eigenvalue weighted by Crippen LogP contribution is 2.32. The first kappa shape index (κ1) is 13.9. The Kier molecular flexibility index (Phi) is 3.10. The van der Waals surface area contributed by atoms with Crippen LogP contribution in [0.25, 0.3) is 21.9 Å². The number of anilines is 1. The molecule has 1 heterocycles. The topological polar surface area (TPSA) is 59.4 Å². The van der Waals surface area contributed by atoms with Crippen LogP contribution in [-0.4, -0.2) is 5.11 Å². The molecule has 3 aromatic carbocycles. The first-order valence-corrected chi connectivity index (χ1v) is 7.59. The van der Waals surface area contributed by atoms with Crippen LogP contribution < -0.4 is 5.73 Å². The summed E-state index contributed by atoms with van der Waals surface area (Å²) < 4.78 is 5.89. The highest BCUT2D eigenvalue weighted by atomic mass is 16.3. The summed E-state index contributed by atoms with van der Waals surface area (Å²) in [7, 11) is 0. The average molecular weight is 303 g/mol. The molecule has 114 valence electrons. The third kappa shape index (κ3) is 2.26. The van der Waals surface area contributed by atoms with Gasteiger partial charge in [0.1, 0.15) is 17.3 Å². The number of aliphatic hydroxyl groups excluding tert-OH is 1. The molecule has 4 aromatic rings. The number of benzene rings is 3. The van der Waals surface area contributed by atoms with E-state index in [4.69, 9.17) is 10.2 Å². The van der Waals surface area contributed by atoms with Crippen LogP contribution in [0.5, 0.6) is 0 Å². The van der Waals surface area contributed by atoms with Crippen molar-refractivity contribution < 1.29 is 9.52 Å². The first-order valence-electron chi connectivity index (χ1n) is 7.59. The van der Waals surface area contributed by atoms with Gasteiger partial charge in [0.2, 0.25) is 0 Å². The van der Waals surface area contributed by atoms with Crippen molar-refractivity contribution in [3.8, 4) is 0 Å². The lowest BCUT2D eigenvalue weighted by Crippen LogP contribution is -2.01. The Morgan fingerprint density at radius 1 is 0.870 bits per heavy atom. The molecular weight excluding hydrogens is 286 g/mol. The zero-order valence-electron chi connectivity index (χ0n) is 12.8. The zero-order valence-corrected chi connectivity index (χ0v) is 12.8. The molecular formula is C20H17NO2. The Morgan fingerprint density at radius 3 is 2.39 bits per heavy atom. The fourth-order valence-corrected chi connectivity index (χ4v) is 2.93. The van der Waals surface area contributed by atoms with Crippen LogP contribution in [0, 0.1) is 6.92 Å². The van der Waals surface area contributed by atoms with Crippen LogP contribution in [-0.2, 0) is 0 Å². The van der Waals surface area contributed by atoms with E-state index in [1.54, 1.807) is 0 Å². The van der Waals surface area contributed by atoms with Crippen LogP contribution in [0.2, 0.25) is 0 Å². The molecule has 0 aliphatic carbocycles. The van der Waals surface area contributed by atoms with Crippen molar-refractivity contribution in [2.24, 2.45) is 0 Å². The molecule has 0 aliphatic heterocycles. The van der Waals surface area contributed by atoms with Gasteiger partial charge < -0.3 is 15.3 Å². The summed E-state index contributed by atoms with van der Waals surface area (Å²) >= 11 is 0. The largest absolute Gasteiger partial charge is 0.456 e. The summed E-state index contributed by atoms with van der Waals surface area (Å²) in [4.78, 5) is 0. The van der Waals surface area contributed by atoms with E-state index in [2.05, 4.69) is 0 Å². The van der Waals surface area contributed by atoms with Gasteiger partial charge >= 0.3 is 0 Å².